The summed E-state index contributed by atoms with van der Waals surface area (Å²) in [5.41, 5.74) is 1.42. The molecule has 1 unspecified atom stereocenters. The number of nitrogens with one attached hydrogen (secondary N) is 1. The molecule has 1 aliphatic rings. The highest BCUT2D eigenvalue weighted by molar-refractivity contribution is 7.99. The van der Waals surface area contributed by atoms with E-state index in [1.165, 1.54) is 40.8 Å². The van der Waals surface area contributed by atoms with Gasteiger partial charge in [0.2, 0.25) is 11.1 Å². The van der Waals surface area contributed by atoms with Gasteiger partial charge >= 0.3 is 11.3 Å². The summed E-state index contributed by atoms with van der Waals surface area (Å²) in [6, 6.07) is 13.4. The first kappa shape index (κ1) is 22.2. The van der Waals surface area contributed by atoms with Crippen LogP contribution in [-0.4, -0.2) is 21.7 Å². The minimum absolute atomic E-state index is 0.264. The average molecular weight is 454 g/mol. The Bertz CT molecular complexity index is 1200. The second-order valence-corrected chi connectivity index (χ2v) is 8.85. The topological polar surface area (TPSA) is 69.9 Å². The maximum Gasteiger partial charge on any atom is 0.325 e. The molecule has 0 saturated heterocycles. The van der Waals surface area contributed by atoms with Gasteiger partial charge in [0, 0.05) is 17.8 Å². The number of anilines is 1. The van der Waals surface area contributed by atoms with Crippen molar-refractivity contribution in [1.29, 1.82) is 0 Å². The number of hydrogen-bond acceptors (Lipinski definition) is 4. The quantitative estimate of drug-likeness (QED) is 0.326. The monoisotopic (exact) mass is 453 g/mol. The van der Waals surface area contributed by atoms with E-state index in [1.807, 2.05) is 0 Å². The smallest absolute Gasteiger partial charge is 0.291 e. The molecule has 1 aliphatic heterocycles. The zero-order valence-corrected chi connectivity index (χ0v) is 19.0. The number of nitrogens with zero attached hydrogens (tertiary/aromatic N) is 3. The van der Waals surface area contributed by atoms with Gasteiger partial charge in [0.15, 0.2) is 0 Å². The molecule has 8 heteroatoms. The normalized spacial score (nSPS) is 14.7. The number of aromatic nitrogens is 3. The van der Waals surface area contributed by atoms with E-state index in [1.54, 1.807) is 42.5 Å². The van der Waals surface area contributed by atoms with Crippen molar-refractivity contribution in [2.24, 2.45) is 0 Å². The Morgan fingerprint density at radius 2 is 1.91 bits per heavy atom. The van der Waals surface area contributed by atoms with E-state index in [9.17, 15) is 14.0 Å². The van der Waals surface area contributed by atoms with Crippen molar-refractivity contribution >= 4 is 23.4 Å². The van der Waals surface area contributed by atoms with Crippen LogP contribution in [0.15, 0.2) is 58.5 Å². The van der Waals surface area contributed by atoms with Crippen molar-refractivity contribution in [1.82, 2.24) is 10.1 Å². The van der Waals surface area contributed by atoms with E-state index in [2.05, 4.69) is 17.0 Å². The summed E-state index contributed by atoms with van der Waals surface area (Å²) in [6.45, 7) is 3.60. The number of aromatic amines is 1. The van der Waals surface area contributed by atoms with Crippen LogP contribution >= 0.6 is 11.8 Å². The van der Waals surface area contributed by atoms with Crippen LogP contribution in [0.2, 0.25) is 0 Å². The van der Waals surface area contributed by atoms with Gasteiger partial charge in [-0.3, -0.25) is 14.6 Å². The lowest BCUT2D eigenvalue weighted by Gasteiger charge is -2.31. The van der Waals surface area contributed by atoms with Crippen LogP contribution in [0.1, 0.15) is 51.3 Å². The SMILES string of the molecule is CCCCCCSc1n[n+]2c(c(=O)[nH]1)-c1ccccc1N(C(C)=O)C2c1ccccc1F. The van der Waals surface area contributed by atoms with E-state index >= 15 is 0 Å². The third-order valence-electron chi connectivity index (χ3n) is 5.52. The molecule has 1 N–H and O–H groups in total. The first-order chi connectivity index (χ1) is 15.5. The van der Waals surface area contributed by atoms with Crippen LogP contribution in [0.25, 0.3) is 11.3 Å². The first-order valence-corrected chi connectivity index (χ1v) is 11.8. The van der Waals surface area contributed by atoms with Crippen LogP contribution in [0, 0.1) is 5.82 Å². The Morgan fingerprint density at radius 1 is 1.16 bits per heavy atom. The van der Waals surface area contributed by atoms with Crippen LogP contribution in [-0.2, 0) is 4.79 Å². The van der Waals surface area contributed by atoms with Crippen molar-refractivity contribution in [2.45, 2.75) is 50.9 Å². The van der Waals surface area contributed by atoms with Crippen LogP contribution < -0.4 is 15.1 Å². The minimum atomic E-state index is -0.902. The van der Waals surface area contributed by atoms with Crippen molar-refractivity contribution in [3.63, 3.8) is 0 Å². The molecule has 0 saturated carbocycles. The Labute approximate surface area is 190 Å². The molecule has 0 aliphatic carbocycles. The Morgan fingerprint density at radius 3 is 2.66 bits per heavy atom. The molecular formula is C24H26FN4O2S+. The molecule has 0 radical (unpaired) electrons. The molecule has 32 heavy (non-hydrogen) atoms. The molecule has 2 heterocycles. The first-order valence-electron chi connectivity index (χ1n) is 10.9. The molecule has 1 aromatic heterocycles. The van der Waals surface area contributed by atoms with Gasteiger partial charge in [-0.1, -0.05) is 62.2 Å². The predicted octanol–water partition coefficient (Wildman–Crippen LogP) is 4.45. The summed E-state index contributed by atoms with van der Waals surface area (Å²) < 4.78 is 16.4. The number of carbonyl (C=O) groups excluding carboxylic acids is 1. The molecule has 0 fully saturated rings. The van der Waals surface area contributed by atoms with Gasteiger partial charge in [-0.25, -0.2) is 9.29 Å². The molecule has 4 rings (SSSR count). The number of rotatable bonds is 7. The summed E-state index contributed by atoms with van der Waals surface area (Å²) in [7, 11) is 0. The number of H-pyrrole nitrogens is 1. The van der Waals surface area contributed by atoms with Crippen molar-refractivity contribution in [3.8, 4) is 11.3 Å². The molecule has 1 atom stereocenters. The molecule has 166 valence electrons. The lowest BCUT2D eigenvalue weighted by Crippen LogP contribution is -2.60. The second kappa shape index (κ2) is 9.65. The van der Waals surface area contributed by atoms with E-state index < -0.39 is 12.0 Å². The maximum absolute atomic E-state index is 14.9. The van der Waals surface area contributed by atoms with Crippen LogP contribution in [0.4, 0.5) is 10.1 Å². The Hall–Kier alpha value is -3.00. The maximum atomic E-state index is 14.9. The fraction of sp³-hybridized carbons (Fsp3) is 0.333. The lowest BCUT2D eigenvalue weighted by atomic mass is 10.0. The third-order valence-corrected chi connectivity index (χ3v) is 6.47. The minimum Gasteiger partial charge on any atom is -0.291 e. The Balaban J connectivity index is 1.87. The zero-order chi connectivity index (χ0) is 22.7. The molecule has 0 bridgehead atoms. The van der Waals surface area contributed by atoms with Crippen LogP contribution in [0.5, 0.6) is 0 Å². The number of halogens is 1. The number of fused-ring (bicyclic) bond motifs is 3. The largest absolute Gasteiger partial charge is 0.325 e. The van der Waals surface area contributed by atoms with Gasteiger partial charge < -0.3 is 0 Å². The van der Waals surface area contributed by atoms with E-state index in [0.717, 1.165) is 25.0 Å². The molecule has 2 aromatic carbocycles. The molecular weight excluding hydrogens is 427 g/mol. The molecule has 0 spiro atoms. The molecule has 6 nitrogen and oxygen atoms in total. The lowest BCUT2D eigenvalue weighted by molar-refractivity contribution is -0.763. The van der Waals surface area contributed by atoms with E-state index in [4.69, 9.17) is 0 Å². The number of para-hydroxylation sites is 1. The average Bonchev–Trinajstić information content (AvgIpc) is 2.78. The number of hydrogen-bond donors (Lipinski definition) is 1. The van der Waals surface area contributed by atoms with Crippen molar-refractivity contribution in [2.75, 3.05) is 10.7 Å². The van der Waals surface area contributed by atoms with E-state index in [-0.39, 0.29) is 17.0 Å². The summed E-state index contributed by atoms with van der Waals surface area (Å²) in [5.74, 6) is 0.0942. The number of amides is 1. The van der Waals surface area contributed by atoms with Crippen molar-refractivity contribution < 1.29 is 13.9 Å². The van der Waals surface area contributed by atoms with E-state index in [0.29, 0.717) is 22.1 Å². The van der Waals surface area contributed by atoms with Gasteiger partial charge in [0.25, 0.3) is 6.17 Å². The highest BCUT2D eigenvalue weighted by Crippen LogP contribution is 2.37. The summed E-state index contributed by atoms with van der Waals surface area (Å²) >= 11 is 1.47. The number of benzene rings is 2. The van der Waals surface area contributed by atoms with Crippen LogP contribution in [0.3, 0.4) is 0 Å². The van der Waals surface area contributed by atoms with Gasteiger partial charge in [0.1, 0.15) is 5.82 Å². The number of thioether (sulfide) groups is 1. The van der Waals surface area contributed by atoms with Gasteiger partial charge in [-0.15, -0.1) is 0 Å². The molecule has 1 amide bonds. The summed E-state index contributed by atoms with van der Waals surface area (Å²) in [5, 5.41) is 5.14. The van der Waals surface area contributed by atoms with Gasteiger partial charge in [-0.2, -0.15) is 0 Å². The zero-order valence-electron chi connectivity index (χ0n) is 18.2. The van der Waals surface area contributed by atoms with Gasteiger partial charge in [0.05, 0.1) is 16.8 Å². The highest BCUT2D eigenvalue weighted by atomic mass is 32.2. The highest BCUT2D eigenvalue weighted by Gasteiger charge is 2.45. The summed E-state index contributed by atoms with van der Waals surface area (Å²) in [4.78, 5) is 30.4. The Kier molecular flexibility index (Phi) is 6.69. The standard InChI is InChI=1S/C24H25FN4O2S/c1-3-4-5-10-15-32-24-26-22(31)21-18-12-7-9-14-20(18)28(16(2)30)23(29(21)27-24)17-11-6-8-13-19(17)25/h6-9,11-14,23H,3-5,10,15H2,1-2H3/p+1. The van der Waals surface area contributed by atoms with Gasteiger partial charge in [-0.05, 0) is 35.4 Å². The fourth-order valence-electron chi connectivity index (χ4n) is 4.04. The van der Waals surface area contributed by atoms with Crippen molar-refractivity contribution in [3.05, 3.63) is 70.3 Å². The molecule has 3 aromatic rings. The second-order valence-electron chi connectivity index (χ2n) is 7.76. The predicted molar refractivity (Wildman–Crippen MR) is 123 cm³/mol. The third kappa shape index (κ3) is 4.19. The summed E-state index contributed by atoms with van der Waals surface area (Å²) in [6.07, 6.45) is 3.56. The number of carbonyl (C=O) groups is 1. The number of unbranched alkanes of at least 4 members (excludes halogenated alkanes) is 3. The fourth-order valence-corrected chi connectivity index (χ4v) is 4.89.